The Balaban J connectivity index is 2.87. The van der Waals surface area contributed by atoms with Gasteiger partial charge in [-0.2, -0.15) is 0 Å². The molecule has 0 spiro atoms. The van der Waals surface area contributed by atoms with E-state index in [1.165, 1.54) is 0 Å². The molecule has 0 fully saturated rings. The Kier molecular flexibility index (Phi) is 1.81. The summed E-state index contributed by atoms with van der Waals surface area (Å²) in [6.45, 7) is 1.89. The van der Waals surface area contributed by atoms with Crippen molar-refractivity contribution in [3.05, 3.63) is 23.8 Å². The van der Waals surface area contributed by atoms with Crippen LogP contribution in [0.4, 0.5) is 0 Å². The average molecular weight is 211 g/mol. The van der Waals surface area contributed by atoms with Crippen molar-refractivity contribution in [2.24, 2.45) is 0 Å². The van der Waals surface area contributed by atoms with E-state index in [1.54, 1.807) is 12.1 Å². The summed E-state index contributed by atoms with van der Waals surface area (Å²) in [4.78, 5) is 0. The molecule has 74 valence electrons. The summed E-state index contributed by atoms with van der Waals surface area (Å²) in [5.74, 6) is 0. The summed E-state index contributed by atoms with van der Waals surface area (Å²) in [6.07, 6.45) is 1.10. The maximum absolute atomic E-state index is 11.3. The second-order valence-corrected chi connectivity index (χ2v) is 5.00. The molecule has 1 heterocycles. The van der Waals surface area contributed by atoms with E-state index in [2.05, 4.69) is 10.3 Å². The van der Waals surface area contributed by atoms with Gasteiger partial charge in [0.25, 0.3) is 10.0 Å². The standard InChI is InChI=1S/C8H9N3O2S/c1-6-3-4-7-8(5-6)11(10-9-7)14(2,12)13/h3-5H,1-2H3. The van der Waals surface area contributed by atoms with E-state index < -0.39 is 10.0 Å². The van der Waals surface area contributed by atoms with Crippen molar-refractivity contribution < 1.29 is 8.42 Å². The first kappa shape index (κ1) is 9.14. The zero-order chi connectivity index (χ0) is 10.3. The van der Waals surface area contributed by atoms with Crippen LogP contribution in [0.1, 0.15) is 5.56 Å². The van der Waals surface area contributed by atoms with Gasteiger partial charge in [0.1, 0.15) is 11.0 Å². The molecular weight excluding hydrogens is 202 g/mol. The molecule has 0 aliphatic carbocycles. The number of rotatable bonds is 1. The van der Waals surface area contributed by atoms with Gasteiger partial charge in [-0.15, -0.1) is 9.19 Å². The van der Waals surface area contributed by atoms with Gasteiger partial charge in [-0.3, -0.25) is 0 Å². The summed E-state index contributed by atoms with van der Waals surface area (Å²) in [6, 6.07) is 5.36. The Bertz CT molecular complexity index is 586. The Morgan fingerprint density at radius 3 is 2.71 bits per heavy atom. The van der Waals surface area contributed by atoms with Gasteiger partial charge in [0.2, 0.25) is 0 Å². The molecular formula is C8H9N3O2S. The molecule has 0 radical (unpaired) electrons. The lowest BCUT2D eigenvalue weighted by Crippen LogP contribution is -2.11. The van der Waals surface area contributed by atoms with Gasteiger partial charge in [-0.1, -0.05) is 11.3 Å². The Labute approximate surface area is 81.4 Å². The summed E-state index contributed by atoms with van der Waals surface area (Å²) < 4.78 is 23.5. The van der Waals surface area contributed by atoms with Gasteiger partial charge in [0, 0.05) is 0 Å². The van der Waals surface area contributed by atoms with Crippen LogP contribution in [-0.2, 0) is 10.0 Å². The highest BCUT2D eigenvalue weighted by Crippen LogP contribution is 2.13. The maximum atomic E-state index is 11.3. The van der Waals surface area contributed by atoms with Crippen molar-refractivity contribution in [2.45, 2.75) is 6.92 Å². The van der Waals surface area contributed by atoms with Crippen LogP contribution in [-0.4, -0.2) is 29.1 Å². The van der Waals surface area contributed by atoms with Gasteiger partial charge < -0.3 is 0 Å². The minimum atomic E-state index is -3.36. The van der Waals surface area contributed by atoms with Gasteiger partial charge in [-0.05, 0) is 24.6 Å². The fraction of sp³-hybridized carbons (Fsp3) is 0.250. The van der Waals surface area contributed by atoms with Crippen LogP contribution >= 0.6 is 0 Å². The molecule has 2 aromatic rings. The lowest BCUT2D eigenvalue weighted by atomic mass is 10.2. The highest BCUT2D eigenvalue weighted by atomic mass is 32.2. The van der Waals surface area contributed by atoms with Crippen LogP contribution in [0.15, 0.2) is 18.2 Å². The van der Waals surface area contributed by atoms with E-state index in [0.29, 0.717) is 11.0 Å². The maximum Gasteiger partial charge on any atom is 0.252 e. The minimum Gasteiger partial charge on any atom is -0.205 e. The number of benzene rings is 1. The quantitative estimate of drug-likeness (QED) is 0.690. The third-order valence-electron chi connectivity index (χ3n) is 1.88. The van der Waals surface area contributed by atoms with E-state index in [-0.39, 0.29) is 0 Å². The smallest absolute Gasteiger partial charge is 0.205 e. The summed E-state index contributed by atoms with van der Waals surface area (Å²) in [5.41, 5.74) is 2.08. The zero-order valence-corrected chi connectivity index (χ0v) is 8.61. The Morgan fingerprint density at radius 2 is 2.07 bits per heavy atom. The largest absolute Gasteiger partial charge is 0.252 e. The van der Waals surface area contributed by atoms with Crippen molar-refractivity contribution in [3.63, 3.8) is 0 Å². The second-order valence-electron chi connectivity index (χ2n) is 3.19. The molecule has 0 saturated carbocycles. The van der Waals surface area contributed by atoms with Gasteiger partial charge in [-0.25, -0.2) is 8.42 Å². The number of hydrogen-bond acceptors (Lipinski definition) is 4. The van der Waals surface area contributed by atoms with Crippen molar-refractivity contribution in [1.82, 2.24) is 14.4 Å². The Hall–Kier alpha value is -1.43. The van der Waals surface area contributed by atoms with Crippen molar-refractivity contribution in [1.29, 1.82) is 0 Å². The molecule has 0 saturated heterocycles. The number of nitrogens with zero attached hydrogens (tertiary/aromatic N) is 3. The fourth-order valence-corrected chi connectivity index (χ4v) is 1.93. The van der Waals surface area contributed by atoms with Gasteiger partial charge >= 0.3 is 0 Å². The van der Waals surface area contributed by atoms with Crippen molar-refractivity contribution in [2.75, 3.05) is 6.26 Å². The van der Waals surface area contributed by atoms with Crippen molar-refractivity contribution >= 4 is 21.1 Å². The highest BCUT2D eigenvalue weighted by molar-refractivity contribution is 7.89. The number of fused-ring (bicyclic) bond motifs is 1. The third-order valence-corrected chi connectivity index (χ3v) is 2.78. The second kappa shape index (κ2) is 2.78. The lowest BCUT2D eigenvalue weighted by Gasteiger charge is -1.97. The van der Waals surface area contributed by atoms with E-state index in [9.17, 15) is 8.42 Å². The molecule has 0 amide bonds. The van der Waals surface area contributed by atoms with Crippen LogP contribution in [0.3, 0.4) is 0 Å². The predicted molar refractivity (Wildman–Crippen MR) is 52.5 cm³/mol. The summed E-state index contributed by atoms with van der Waals surface area (Å²) >= 11 is 0. The van der Waals surface area contributed by atoms with Gasteiger partial charge in [0.05, 0.1) is 6.26 Å². The first-order chi connectivity index (χ1) is 6.48. The first-order valence-electron chi connectivity index (χ1n) is 4.01. The average Bonchev–Trinajstić information content (AvgIpc) is 2.45. The molecule has 0 aliphatic heterocycles. The highest BCUT2D eigenvalue weighted by Gasteiger charge is 2.12. The number of aromatic nitrogens is 3. The van der Waals surface area contributed by atoms with Crippen LogP contribution in [0.2, 0.25) is 0 Å². The predicted octanol–water partition coefficient (Wildman–Crippen LogP) is 0.547. The van der Waals surface area contributed by atoms with Crippen LogP contribution in [0.5, 0.6) is 0 Å². The first-order valence-corrected chi connectivity index (χ1v) is 5.86. The van der Waals surface area contributed by atoms with Crippen LogP contribution in [0.25, 0.3) is 11.0 Å². The van der Waals surface area contributed by atoms with E-state index in [0.717, 1.165) is 15.9 Å². The molecule has 6 heteroatoms. The molecule has 0 atom stereocenters. The molecule has 5 nitrogen and oxygen atoms in total. The van der Waals surface area contributed by atoms with Crippen LogP contribution in [0, 0.1) is 6.92 Å². The normalized spacial score (nSPS) is 12.1. The monoisotopic (exact) mass is 211 g/mol. The number of hydrogen-bond donors (Lipinski definition) is 0. The minimum absolute atomic E-state index is 0.521. The van der Waals surface area contributed by atoms with E-state index in [4.69, 9.17) is 0 Å². The topological polar surface area (TPSA) is 64.8 Å². The molecule has 1 aromatic carbocycles. The molecule has 0 N–H and O–H groups in total. The molecule has 0 aliphatic rings. The lowest BCUT2D eigenvalue weighted by molar-refractivity contribution is 0.586. The summed E-state index contributed by atoms with van der Waals surface area (Å²) in [5, 5.41) is 7.35. The van der Waals surface area contributed by atoms with E-state index in [1.807, 2.05) is 13.0 Å². The third kappa shape index (κ3) is 1.37. The Morgan fingerprint density at radius 1 is 1.36 bits per heavy atom. The van der Waals surface area contributed by atoms with Crippen molar-refractivity contribution in [3.8, 4) is 0 Å². The summed E-state index contributed by atoms with van der Waals surface area (Å²) in [7, 11) is -3.36. The molecule has 2 rings (SSSR count). The molecule has 0 unspecified atom stereocenters. The number of aryl methyl sites for hydroxylation is 1. The zero-order valence-electron chi connectivity index (χ0n) is 7.80. The van der Waals surface area contributed by atoms with E-state index >= 15 is 0 Å². The fourth-order valence-electron chi connectivity index (χ4n) is 1.25. The molecule has 0 bridgehead atoms. The molecule has 14 heavy (non-hydrogen) atoms. The van der Waals surface area contributed by atoms with Gasteiger partial charge in [0.15, 0.2) is 0 Å². The molecule has 1 aromatic heterocycles. The van der Waals surface area contributed by atoms with Crippen LogP contribution < -0.4 is 0 Å². The SMILES string of the molecule is Cc1ccc2nnn(S(C)(=O)=O)c2c1.